The summed E-state index contributed by atoms with van der Waals surface area (Å²) in [5.41, 5.74) is 6.39. The fourth-order valence-corrected chi connectivity index (χ4v) is 3.75. The first-order valence-corrected chi connectivity index (χ1v) is 8.35. The SMILES string of the molecule is CN(C)S(=O)(=O)c1ccccc1NC1(CN)CCCC1. The van der Waals surface area contributed by atoms with Crippen LogP contribution in [-0.2, 0) is 10.0 Å². The van der Waals surface area contributed by atoms with Crippen molar-refractivity contribution in [3.8, 4) is 0 Å². The predicted molar refractivity (Wildman–Crippen MR) is 81.2 cm³/mol. The standard InChI is InChI=1S/C14H23N3O2S/c1-17(2)20(18,19)13-8-4-3-7-12(13)16-14(11-15)9-5-6-10-14/h3-4,7-8,16H,5-6,9-11,15H2,1-2H3. The largest absolute Gasteiger partial charge is 0.377 e. The van der Waals surface area contributed by atoms with Gasteiger partial charge < -0.3 is 11.1 Å². The van der Waals surface area contributed by atoms with E-state index in [0.717, 1.165) is 25.7 Å². The summed E-state index contributed by atoms with van der Waals surface area (Å²) < 4.78 is 26.0. The van der Waals surface area contributed by atoms with Crippen LogP contribution < -0.4 is 11.1 Å². The molecule has 20 heavy (non-hydrogen) atoms. The van der Waals surface area contributed by atoms with Gasteiger partial charge in [-0.3, -0.25) is 0 Å². The zero-order valence-corrected chi connectivity index (χ0v) is 12.9. The summed E-state index contributed by atoms with van der Waals surface area (Å²) in [6.07, 6.45) is 4.24. The number of nitrogens with two attached hydrogens (primary N) is 1. The number of sulfonamides is 1. The lowest BCUT2D eigenvalue weighted by Crippen LogP contribution is -2.43. The van der Waals surface area contributed by atoms with Crippen molar-refractivity contribution < 1.29 is 8.42 Å². The summed E-state index contributed by atoms with van der Waals surface area (Å²) in [5.74, 6) is 0. The molecule has 5 nitrogen and oxygen atoms in total. The van der Waals surface area contributed by atoms with E-state index >= 15 is 0 Å². The number of anilines is 1. The number of benzene rings is 1. The van der Waals surface area contributed by atoms with Crippen molar-refractivity contribution in [3.63, 3.8) is 0 Å². The quantitative estimate of drug-likeness (QED) is 0.866. The highest BCUT2D eigenvalue weighted by molar-refractivity contribution is 7.89. The highest BCUT2D eigenvalue weighted by atomic mass is 32.2. The smallest absolute Gasteiger partial charge is 0.244 e. The van der Waals surface area contributed by atoms with E-state index in [9.17, 15) is 8.42 Å². The van der Waals surface area contributed by atoms with E-state index in [1.54, 1.807) is 26.2 Å². The summed E-state index contributed by atoms with van der Waals surface area (Å²) in [7, 11) is -0.370. The van der Waals surface area contributed by atoms with Crippen LogP contribution in [0.15, 0.2) is 29.2 Å². The Labute approximate surface area is 121 Å². The van der Waals surface area contributed by atoms with Crippen LogP contribution in [0.1, 0.15) is 25.7 Å². The molecule has 0 aliphatic heterocycles. The van der Waals surface area contributed by atoms with E-state index in [1.807, 2.05) is 12.1 Å². The summed E-state index contributed by atoms with van der Waals surface area (Å²) >= 11 is 0. The van der Waals surface area contributed by atoms with Crippen LogP contribution >= 0.6 is 0 Å². The third-order valence-electron chi connectivity index (χ3n) is 4.00. The molecule has 1 aromatic rings. The fourth-order valence-electron chi connectivity index (χ4n) is 2.71. The zero-order valence-electron chi connectivity index (χ0n) is 12.1. The molecule has 1 saturated carbocycles. The molecule has 1 fully saturated rings. The molecule has 0 unspecified atom stereocenters. The molecule has 2 rings (SSSR count). The third kappa shape index (κ3) is 2.82. The van der Waals surface area contributed by atoms with Gasteiger partial charge in [-0.25, -0.2) is 12.7 Å². The van der Waals surface area contributed by atoms with Crippen LogP contribution in [0.3, 0.4) is 0 Å². The number of nitrogens with one attached hydrogen (secondary N) is 1. The van der Waals surface area contributed by atoms with Gasteiger partial charge in [0.15, 0.2) is 0 Å². The normalized spacial score (nSPS) is 18.4. The van der Waals surface area contributed by atoms with Gasteiger partial charge in [0.05, 0.1) is 5.69 Å². The molecule has 3 N–H and O–H groups in total. The van der Waals surface area contributed by atoms with Crippen molar-refractivity contribution in [1.29, 1.82) is 0 Å². The molecular formula is C14H23N3O2S. The Balaban J connectivity index is 2.38. The van der Waals surface area contributed by atoms with Crippen molar-refractivity contribution in [3.05, 3.63) is 24.3 Å². The molecular weight excluding hydrogens is 274 g/mol. The van der Waals surface area contributed by atoms with Gasteiger partial charge in [-0.2, -0.15) is 0 Å². The summed E-state index contributed by atoms with van der Waals surface area (Å²) in [4.78, 5) is 0.310. The van der Waals surface area contributed by atoms with Crippen LogP contribution in [0.2, 0.25) is 0 Å². The molecule has 112 valence electrons. The molecule has 0 saturated heterocycles. The average Bonchev–Trinajstić information content (AvgIpc) is 2.88. The Morgan fingerprint density at radius 1 is 1.25 bits per heavy atom. The van der Waals surface area contributed by atoms with Crippen molar-refractivity contribution in [2.75, 3.05) is 26.0 Å². The first kappa shape index (κ1) is 15.3. The molecule has 0 spiro atoms. The predicted octanol–water partition coefficient (Wildman–Crippen LogP) is 1.62. The Morgan fingerprint density at radius 2 is 1.85 bits per heavy atom. The topological polar surface area (TPSA) is 75.4 Å². The van der Waals surface area contributed by atoms with Crippen molar-refractivity contribution >= 4 is 15.7 Å². The number of hydrogen-bond acceptors (Lipinski definition) is 4. The maximum absolute atomic E-state index is 12.4. The Kier molecular flexibility index (Phi) is 4.36. The zero-order chi connectivity index (χ0) is 14.8. The van der Waals surface area contributed by atoms with Crippen LogP contribution in [-0.4, -0.2) is 38.9 Å². The lowest BCUT2D eigenvalue weighted by atomic mass is 9.97. The van der Waals surface area contributed by atoms with E-state index in [2.05, 4.69) is 5.32 Å². The van der Waals surface area contributed by atoms with Gasteiger partial charge in [-0.1, -0.05) is 25.0 Å². The summed E-state index contributed by atoms with van der Waals surface area (Å²) in [6, 6.07) is 7.03. The summed E-state index contributed by atoms with van der Waals surface area (Å²) in [6.45, 7) is 0.517. The van der Waals surface area contributed by atoms with E-state index < -0.39 is 10.0 Å². The highest BCUT2D eigenvalue weighted by Crippen LogP contribution is 2.34. The molecule has 0 atom stereocenters. The Morgan fingerprint density at radius 3 is 2.40 bits per heavy atom. The minimum atomic E-state index is -3.45. The molecule has 0 radical (unpaired) electrons. The lowest BCUT2D eigenvalue weighted by molar-refractivity contribution is 0.490. The van der Waals surface area contributed by atoms with Crippen molar-refractivity contribution in [1.82, 2.24) is 4.31 Å². The van der Waals surface area contributed by atoms with E-state index in [-0.39, 0.29) is 5.54 Å². The molecule has 1 aliphatic carbocycles. The van der Waals surface area contributed by atoms with Gasteiger partial charge >= 0.3 is 0 Å². The number of nitrogens with zero attached hydrogens (tertiary/aromatic N) is 1. The number of para-hydroxylation sites is 1. The van der Waals surface area contributed by atoms with Gasteiger partial charge in [0, 0.05) is 26.2 Å². The molecule has 0 amide bonds. The molecule has 0 bridgehead atoms. The molecule has 1 aliphatic rings. The average molecular weight is 297 g/mol. The van der Waals surface area contributed by atoms with Gasteiger partial charge in [-0.05, 0) is 25.0 Å². The van der Waals surface area contributed by atoms with Crippen LogP contribution in [0.5, 0.6) is 0 Å². The maximum atomic E-state index is 12.4. The fraction of sp³-hybridized carbons (Fsp3) is 0.571. The lowest BCUT2D eigenvalue weighted by Gasteiger charge is -2.31. The minimum absolute atomic E-state index is 0.169. The minimum Gasteiger partial charge on any atom is -0.377 e. The van der Waals surface area contributed by atoms with E-state index in [1.165, 1.54) is 4.31 Å². The second-order valence-corrected chi connectivity index (χ2v) is 7.72. The molecule has 0 heterocycles. The highest BCUT2D eigenvalue weighted by Gasteiger charge is 2.34. The second kappa shape index (κ2) is 5.71. The first-order chi connectivity index (χ1) is 9.41. The second-order valence-electron chi connectivity index (χ2n) is 5.60. The van der Waals surface area contributed by atoms with Gasteiger partial charge in [-0.15, -0.1) is 0 Å². The van der Waals surface area contributed by atoms with Crippen LogP contribution in [0.4, 0.5) is 5.69 Å². The van der Waals surface area contributed by atoms with Crippen molar-refractivity contribution in [2.45, 2.75) is 36.1 Å². The van der Waals surface area contributed by atoms with Crippen LogP contribution in [0.25, 0.3) is 0 Å². The monoisotopic (exact) mass is 297 g/mol. The van der Waals surface area contributed by atoms with Crippen molar-refractivity contribution in [2.24, 2.45) is 5.73 Å². The van der Waals surface area contributed by atoms with E-state index in [4.69, 9.17) is 5.73 Å². The Bertz CT molecular complexity index is 564. The third-order valence-corrected chi connectivity index (χ3v) is 5.87. The van der Waals surface area contributed by atoms with Gasteiger partial charge in [0.2, 0.25) is 10.0 Å². The van der Waals surface area contributed by atoms with E-state index in [0.29, 0.717) is 17.1 Å². The maximum Gasteiger partial charge on any atom is 0.244 e. The van der Waals surface area contributed by atoms with Crippen LogP contribution in [0, 0.1) is 0 Å². The summed E-state index contributed by atoms with van der Waals surface area (Å²) in [5, 5.41) is 3.40. The molecule has 6 heteroatoms. The number of rotatable bonds is 5. The van der Waals surface area contributed by atoms with Gasteiger partial charge in [0.1, 0.15) is 4.90 Å². The first-order valence-electron chi connectivity index (χ1n) is 6.91. The molecule has 1 aromatic carbocycles. The molecule has 0 aromatic heterocycles. The number of hydrogen-bond donors (Lipinski definition) is 2. The van der Waals surface area contributed by atoms with Gasteiger partial charge in [0.25, 0.3) is 0 Å². The Hall–Kier alpha value is -1.11.